The monoisotopic (exact) mass is 216 g/mol. The maximum Gasteiger partial charge on any atom is 0.174 e. The third-order valence-electron chi connectivity index (χ3n) is 3.06. The van der Waals surface area contributed by atoms with Crippen molar-refractivity contribution in [3.05, 3.63) is 0 Å². The van der Waals surface area contributed by atoms with E-state index in [-0.39, 0.29) is 5.54 Å². The molecule has 0 amide bonds. The Hall–Kier alpha value is -0.350. The van der Waals surface area contributed by atoms with E-state index < -0.39 is 6.23 Å². The molecule has 1 atom stereocenters. The van der Waals surface area contributed by atoms with Crippen molar-refractivity contribution >= 4 is 17.3 Å². The predicted molar refractivity (Wildman–Crippen MR) is 62.1 cm³/mol. The largest absolute Gasteiger partial charge is 0.372 e. The molecule has 1 heterocycles. The smallest absolute Gasteiger partial charge is 0.174 e. The van der Waals surface area contributed by atoms with Crippen molar-refractivity contribution in [1.82, 2.24) is 9.80 Å². The SMILES string of the molecule is CCN1CC(O)N(C(C)(C)CC)C1=S. The topological polar surface area (TPSA) is 26.7 Å². The van der Waals surface area contributed by atoms with E-state index in [4.69, 9.17) is 12.2 Å². The van der Waals surface area contributed by atoms with E-state index in [1.165, 1.54) is 0 Å². The van der Waals surface area contributed by atoms with E-state index in [2.05, 4.69) is 27.7 Å². The first-order valence-corrected chi connectivity index (χ1v) is 5.61. The van der Waals surface area contributed by atoms with Crippen molar-refractivity contribution < 1.29 is 5.11 Å². The summed E-state index contributed by atoms with van der Waals surface area (Å²) < 4.78 is 0. The van der Waals surface area contributed by atoms with Crippen molar-refractivity contribution in [2.45, 2.75) is 45.9 Å². The molecule has 0 saturated carbocycles. The molecule has 14 heavy (non-hydrogen) atoms. The van der Waals surface area contributed by atoms with E-state index in [1.807, 2.05) is 9.80 Å². The summed E-state index contributed by atoms with van der Waals surface area (Å²) in [5.41, 5.74) is -0.0551. The molecule has 0 radical (unpaired) electrons. The number of β-amino-alcohol motifs (C(OH)–C–C–N with tert-alkyl or cyclic N) is 1. The fourth-order valence-corrected chi connectivity index (χ4v) is 2.31. The van der Waals surface area contributed by atoms with Gasteiger partial charge in [-0.15, -0.1) is 0 Å². The molecule has 1 fully saturated rings. The van der Waals surface area contributed by atoms with Crippen LogP contribution in [-0.2, 0) is 0 Å². The van der Waals surface area contributed by atoms with Gasteiger partial charge in [-0.05, 0) is 39.4 Å². The number of aliphatic hydroxyl groups excluding tert-OH is 1. The third-order valence-corrected chi connectivity index (χ3v) is 3.51. The number of nitrogens with zero attached hydrogens (tertiary/aromatic N) is 2. The summed E-state index contributed by atoms with van der Waals surface area (Å²) in [5, 5.41) is 10.7. The molecule has 1 saturated heterocycles. The first kappa shape index (κ1) is 11.7. The van der Waals surface area contributed by atoms with Crippen LogP contribution >= 0.6 is 12.2 Å². The van der Waals surface area contributed by atoms with Crippen LogP contribution in [0.4, 0.5) is 0 Å². The predicted octanol–water partition coefficient (Wildman–Crippen LogP) is 1.42. The maximum absolute atomic E-state index is 9.92. The molecule has 1 unspecified atom stereocenters. The van der Waals surface area contributed by atoms with Gasteiger partial charge in [0.25, 0.3) is 0 Å². The van der Waals surface area contributed by atoms with Gasteiger partial charge in [-0.2, -0.15) is 0 Å². The van der Waals surface area contributed by atoms with Gasteiger partial charge < -0.3 is 14.9 Å². The Balaban J connectivity index is 2.84. The number of thiocarbonyl (C=S) groups is 1. The van der Waals surface area contributed by atoms with Crippen molar-refractivity contribution in [1.29, 1.82) is 0 Å². The molecule has 0 aliphatic carbocycles. The Labute approximate surface area is 91.7 Å². The Morgan fingerprint density at radius 3 is 2.43 bits per heavy atom. The van der Waals surface area contributed by atoms with Gasteiger partial charge >= 0.3 is 0 Å². The Bertz CT molecular complexity index is 230. The summed E-state index contributed by atoms with van der Waals surface area (Å²) in [6.45, 7) is 9.90. The van der Waals surface area contributed by atoms with Crippen LogP contribution < -0.4 is 0 Å². The maximum atomic E-state index is 9.92. The fourth-order valence-electron chi connectivity index (χ4n) is 1.73. The lowest BCUT2D eigenvalue weighted by Crippen LogP contribution is -2.49. The molecular formula is C10H20N2OS. The van der Waals surface area contributed by atoms with Crippen molar-refractivity contribution in [3.8, 4) is 0 Å². The lowest BCUT2D eigenvalue weighted by atomic mass is 10.00. The molecule has 4 heteroatoms. The second-order valence-electron chi connectivity index (χ2n) is 4.34. The van der Waals surface area contributed by atoms with Crippen molar-refractivity contribution in [2.75, 3.05) is 13.1 Å². The summed E-state index contributed by atoms with van der Waals surface area (Å²) in [4.78, 5) is 3.99. The molecule has 0 spiro atoms. The Morgan fingerprint density at radius 2 is 2.07 bits per heavy atom. The van der Waals surface area contributed by atoms with Crippen LogP contribution in [0, 0.1) is 0 Å². The van der Waals surface area contributed by atoms with Gasteiger partial charge in [0.05, 0.1) is 6.54 Å². The second-order valence-corrected chi connectivity index (χ2v) is 4.70. The molecule has 1 aliphatic heterocycles. The Morgan fingerprint density at radius 1 is 1.50 bits per heavy atom. The first-order chi connectivity index (χ1) is 6.44. The van der Waals surface area contributed by atoms with Gasteiger partial charge in [0.2, 0.25) is 0 Å². The van der Waals surface area contributed by atoms with E-state index in [0.717, 1.165) is 18.1 Å². The molecule has 0 aromatic rings. The molecule has 82 valence electrons. The zero-order valence-electron chi connectivity index (χ0n) is 9.45. The van der Waals surface area contributed by atoms with E-state index >= 15 is 0 Å². The normalized spacial score (nSPS) is 23.5. The molecule has 0 aromatic heterocycles. The van der Waals surface area contributed by atoms with Gasteiger partial charge in [-0.1, -0.05) is 6.92 Å². The summed E-state index contributed by atoms with van der Waals surface area (Å²) in [7, 11) is 0. The number of hydrogen-bond donors (Lipinski definition) is 1. The van der Waals surface area contributed by atoms with Crippen LogP contribution in [-0.4, -0.2) is 44.9 Å². The minimum absolute atomic E-state index is 0.0551. The molecule has 1 rings (SSSR count). The van der Waals surface area contributed by atoms with Crippen LogP contribution in [0.1, 0.15) is 34.1 Å². The average molecular weight is 216 g/mol. The quantitative estimate of drug-likeness (QED) is 0.722. The highest BCUT2D eigenvalue weighted by atomic mass is 32.1. The Kier molecular flexibility index (Phi) is 3.37. The lowest BCUT2D eigenvalue weighted by Gasteiger charge is -2.38. The molecular weight excluding hydrogens is 196 g/mol. The lowest BCUT2D eigenvalue weighted by molar-refractivity contribution is 0.0172. The fraction of sp³-hybridized carbons (Fsp3) is 0.900. The third kappa shape index (κ3) is 1.86. The van der Waals surface area contributed by atoms with Crippen molar-refractivity contribution in [2.24, 2.45) is 0 Å². The highest BCUT2D eigenvalue weighted by Crippen LogP contribution is 2.27. The van der Waals surface area contributed by atoms with Gasteiger partial charge in [-0.3, -0.25) is 0 Å². The van der Waals surface area contributed by atoms with Crippen LogP contribution in [0.5, 0.6) is 0 Å². The molecule has 0 aromatic carbocycles. The summed E-state index contributed by atoms with van der Waals surface area (Å²) in [5.74, 6) is 0. The summed E-state index contributed by atoms with van der Waals surface area (Å²) >= 11 is 5.34. The van der Waals surface area contributed by atoms with Crippen molar-refractivity contribution in [3.63, 3.8) is 0 Å². The number of rotatable bonds is 3. The summed E-state index contributed by atoms with van der Waals surface area (Å²) in [6.07, 6.45) is 0.527. The number of aliphatic hydroxyl groups is 1. The first-order valence-electron chi connectivity index (χ1n) is 5.20. The molecule has 1 N–H and O–H groups in total. The van der Waals surface area contributed by atoms with Crippen LogP contribution in [0.3, 0.4) is 0 Å². The molecule has 1 aliphatic rings. The van der Waals surface area contributed by atoms with Gasteiger partial charge in [-0.25, -0.2) is 0 Å². The average Bonchev–Trinajstić information content (AvgIpc) is 2.41. The second kappa shape index (κ2) is 4.03. The van der Waals surface area contributed by atoms with Crippen LogP contribution in [0.15, 0.2) is 0 Å². The van der Waals surface area contributed by atoms with Gasteiger partial charge in [0.1, 0.15) is 6.23 Å². The highest BCUT2D eigenvalue weighted by molar-refractivity contribution is 7.80. The zero-order chi connectivity index (χ0) is 10.9. The molecule has 3 nitrogen and oxygen atoms in total. The van der Waals surface area contributed by atoms with Crippen LogP contribution in [0.25, 0.3) is 0 Å². The minimum Gasteiger partial charge on any atom is -0.372 e. The minimum atomic E-state index is -0.447. The van der Waals surface area contributed by atoms with Gasteiger partial charge in [0, 0.05) is 12.1 Å². The number of hydrogen-bond acceptors (Lipinski definition) is 2. The highest BCUT2D eigenvalue weighted by Gasteiger charge is 2.39. The summed E-state index contributed by atoms with van der Waals surface area (Å²) in [6, 6.07) is 0. The van der Waals surface area contributed by atoms with Gasteiger partial charge in [0.15, 0.2) is 5.11 Å². The van der Waals surface area contributed by atoms with E-state index in [9.17, 15) is 5.11 Å². The van der Waals surface area contributed by atoms with E-state index in [1.54, 1.807) is 0 Å². The zero-order valence-corrected chi connectivity index (χ0v) is 10.3. The number of likely N-dealkylation sites (N-methyl/N-ethyl adjacent to an activating group) is 1. The molecule has 0 bridgehead atoms. The van der Waals surface area contributed by atoms with E-state index in [0.29, 0.717) is 6.54 Å². The standard InChI is InChI=1S/C10H20N2OS/c1-5-10(3,4)12-8(13)7-11(6-2)9(12)14/h8,13H,5-7H2,1-4H3. The van der Waals surface area contributed by atoms with Crippen LogP contribution in [0.2, 0.25) is 0 Å².